The van der Waals surface area contributed by atoms with Crippen LogP contribution >= 0.6 is 0 Å². The lowest BCUT2D eigenvalue weighted by Gasteiger charge is -2.04. The summed E-state index contributed by atoms with van der Waals surface area (Å²) in [5.74, 6) is 1.88. The third kappa shape index (κ3) is 0.707. The van der Waals surface area contributed by atoms with Crippen LogP contribution in [0.5, 0.6) is 0 Å². The van der Waals surface area contributed by atoms with Crippen molar-refractivity contribution in [3.63, 3.8) is 0 Å². The van der Waals surface area contributed by atoms with Crippen molar-refractivity contribution >= 4 is 6.29 Å². The van der Waals surface area contributed by atoms with Crippen LogP contribution in [-0.4, -0.2) is 6.29 Å². The van der Waals surface area contributed by atoms with Crippen LogP contribution in [0, 0.1) is 17.8 Å². The molecule has 2 fully saturated rings. The SMILES string of the molecule is O=[C]C1C2CCCCC12. The van der Waals surface area contributed by atoms with Gasteiger partial charge in [-0.1, -0.05) is 12.8 Å². The van der Waals surface area contributed by atoms with Gasteiger partial charge in [0.05, 0.1) is 0 Å². The van der Waals surface area contributed by atoms with E-state index in [4.69, 9.17) is 0 Å². The van der Waals surface area contributed by atoms with E-state index in [0.29, 0.717) is 5.92 Å². The maximum absolute atomic E-state index is 10.2. The highest BCUT2D eigenvalue weighted by molar-refractivity contribution is 5.60. The molecule has 0 aromatic carbocycles. The summed E-state index contributed by atoms with van der Waals surface area (Å²) >= 11 is 0. The molecule has 2 atom stereocenters. The molecule has 0 N–H and O–H groups in total. The van der Waals surface area contributed by atoms with E-state index in [9.17, 15) is 4.79 Å². The zero-order valence-corrected chi connectivity index (χ0v) is 5.47. The molecule has 1 radical (unpaired) electrons. The van der Waals surface area contributed by atoms with Gasteiger partial charge in [0.25, 0.3) is 0 Å². The number of hydrogen-bond acceptors (Lipinski definition) is 1. The van der Waals surface area contributed by atoms with Crippen molar-refractivity contribution in [2.75, 3.05) is 0 Å². The standard InChI is InChI=1S/C8H11O/c9-5-8-6-3-1-2-4-7(6)8/h6-8H,1-4H2. The second-order valence-corrected chi connectivity index (χ2v) is 3.26. The third-order valence-corrected chi connectivity index (χ3v) is 2.79. The lowest BCUT2D eigenvalue weighted by molar-refractivity contribution is 0.480. The topological polar surface area (TPSA) is 17.1 Å². The highest BCUT2D eigenvalue weighted by atomic mass is 16.1. The Bertz CT molecular complexity index is 119. The Labute approximate surface area is 55.4 Å². The summed E-state index contributed by atoms with van der Waals surface area (Å²) in [6.07, 6.45) is 7.42. The fraction of sp³-hybridized carbons (Fsp3) is 0.875. The Hall–Kier alpha value is -0.330. The number of fused-ring (bicyclic) bond motifs is 1. The first kappa shape index (κ1) is 5.45. The third-order valence-electron chi connectivity index (χ3n) is 2.79. The van der Waals surface area contributed by atoms with E-state index >= 15 is 0 Å². The Morgan fingerprint density at radius 2 is 1.67 bits per heavy atom. The van der Waals surface area contributed by atoms with Gasteiger partial charge in [0.15, 0.2) is 0 Å². The van der Waals surface area contributed by atoms with Crippen LogP contribution in [0.4, 0.5) is 0 Å². The van der Waals surface area contributed by atoms with E-state index in [1.807, 2.05) is 0 Å². The van der Waals surface area contributed by atoms with Gasteiger partial charge < -0.3 is 0 Å². The van der Waals surface area contributed by atoms with Crippen molar-refractivity contribution in [3.8, 4) is 0 Å². The van der Waals surface area contributed by atoms with E-state index in [-0.39, 0.29) is 0 Å². The van der Waals surface area contributed by atoms with E-state index < -0.39 is 0 Å². The van der Waals surface area contributed by atoms with Gasteiger partial charge in [0, 0.05) is 5.92 Å². The summed E-state index contributed by atoms with van der Waals surface area (Å²) in [5, 5.41) is 0. The average Bonchev–Trinajstić information content (AvgIpc) is 2.60. The molecule has 1 heteroatoms. The molecule has 2 unspecified atom stereocenters. The quantitative estimate of drug-likeness (QED) is 0.516. The largest absolute Gasteiger partial charge is 0.291 e. The molecule has 1 nitrogen and oxygen atoms in total. The van der Waals surface area contributed by atoms with E-state index in [1.165, 1.54) is 25.7 Å². The fourth-order valence-corrected chi connectivity index (χ4v) is 2.17. The zero-order valence-electron chi connectivity index (χ0n) is 5.47. The average molecular weight is 123 g/mol. The first-order valence-corrected chi connectivity index (χ1v) is 3.81. The highest BCUT2D eigenvalue weighted by Crippen LogP contribution is 2.53. The van der Waals surface area contributed by atoms with Crippen LogP contribution < -0.4 is 0 Å². The van der Waals surface area contributed by atoms with Crippen LogP contribution in [0.3, 0.4) is 0 Å². The lowest BCUT2D eigenvalue weighted by Crippen LogP contribution is -1.91. The molecule has 0 heterocycles. The molecule has 2 aliphatic rings. The molecule has 0 aromatic rings. The molecule has 0 bridgehead atoms. The minimum atomic E-state index is 0.354. The summed E-state index contributed by atoms with van der Waals surface area (Å²) in [4.78, 5) is 10.2. The smallest absolute Gasteiger partial charge is 0.202 e. The minimum Gasteiger partial charge on any atom is -0.291 e. The van der Waals surface area contributed by atoms with Gasteiger partial charge in [-0.3, -0.25) is 4.79 Å². The van der Waals surface area contributed by atoms with Crippen molar-refractivity contribution in [2.45, 2.75) is 25.7 Å². The second-order valence-electron chi connectivity index (χ2n) is 3.26. The van der Waals surface area contributed by atoms with Gasteiger partial charge in [-0.2, -0.15) is 0 Å². The summed E-state index contributed by atoms with van der Waals surface area (Å²) in [6.45, 7) is 0. The monoisotopic (exact) mass is 123 g/mol. The molecule has 2 saturated carbocycles. The van der Waals surface area contributed by atoms with Crippen LogP contribution in [0.1, 0.15) is 25.7 Å². The minimum absolute atomic E-state index is 0.354. The Morgan fingerprint density at radius 3 is 2.11 bits per heavy atom. The van der Waals surface area contributed by atoms with Crippen molar-refractivity contribution in [3.05, 3.63) is 0 Å². The maximum Gasteiger partial charge on any atom is 0.202 e. The van der Waals surface area contributed by atoms with Gasteiger partial charge in [-0.15, -0.1) is 0 Å². The number of carbonyl (C=O) groups excluding carboxylic acids is 1. The van der Waals surface area contributed by atoms with E-state index in [2.05, 4.69) is 6.29 Å². The molecule has 0 aromatic heterocycles. The van der Waals surface area contributed by atoms with Crippen LogP contribution in [0.25, 0.3) is 0 Å². The maximum atomic E-state index is 10.2. The zero-order chi connectivity index (χ0) is 6.27. The molecule has 0 saturated heterocycles. The van der Waals surface area contributed by atoms with Gasteiger partial charge >= 0.3 is 0 Å². The number of hydrogen-bond donors (Lipinski definition) is 0. The first-order chi connectivity index (χ1) is 4.43. The first-order valence-electron chi connectivity index (χ1n) is 3.81. The predicted molar refractivity (Wildman–Crippen MR) is 34.6 cm³/mol. The summed E-state index contributed by atoms with van der Waals surface area (Å²) < 4.78 is 0. The van der Waals surface area contributed by atoms with Gasteiger partial charge in [0.1, 0.15) is 0 Å². The molecule has 49 valence electrons. The van der Waals surface area contributed by atoms with Crippen LogP contribution in [0.15, 0.2) is 0 Å². The molecule has 9 heavy (non-hydrogen) atoms. The summed E-state index contributed by atoms with van der Waals surface area (Å²) in [6, 6.07) is 0. The molecule has 0 aliphatic heterocycles. The van der Waals surface area contributed by atoms with Crippen LogP contribution in [-0.2, 0) is 4.79 Å². The van der Waals surface area contributed by atoms with Crippen molar-refractivity contribution in [1.82, 2.24) is 0 Å². The highest BCUT2D eigenvalue weighted by Gasteiger charge is 2.50. The van der Waals surface area contributed by atoms with E-state index in [0.717, 1.165) is 11.8 Å². The van der Waals surface area contributed by atoms with Gasteiger partial charge in [0.2, 0.25) is 6.29 Å². The Kier molecular flexibility index (Phi) is 1.11. The summed E-state index contributed by atoms with van der Waals surface area (Å²) in [7, 11) is 0. The predicted octanol–water partition coefficient (Wildman–Crippen LogP) is 1.53. The Morgan fingerprint density at radius 1 is 1.11 bits per heavy atom. The Balaban J connectivity index is 1.98. The van der Waals surface area contributed by atoms with Crippen molar-refractivity contribution in [2.24, 2.45) is 17.8 Å². The fourth-order valence-electron chi connectivity index (χ4n) is 2.17. The van der Waals surface area contributed by atoms with Crippen LogP contribution in [0.2, 0.25) is 0 Å². The van der Waals surface area contributed by atoms with E-state index in [1.54, 1.807) is 0 Å². The molecule has 2 rings (SSSR count). The molecular formula is C8H11O. The summed E-state index contributed by atoms with van der Waals surface area (Å²) in [5.41, 5.74) is 0. The second kappa shape index (κ2) is 1.83. The lowest BCUT2D eigenvalue weighted by atomic mass is 10.0. The molecule has 0 amide bonds. The van der Waals surface area contributed by atoms with Crippen molar-refractivity contribution in [1.29, 1.82) is 0 Å². The van der Waals surface area contributed by atoms with Gasteiger partial charge in [-0.25, -0.2) is 0 Å². The van der Waals surface area contributed by atoms with Crippen molar-refractivity contribution < 1.29 is 4.79 Å². The molecular weight excluding hydrogens is 112 g/mol. The molecule has 2 aliphatic carbocycles. The molecule has 0 spiro atoms. The number of rotatable bonds is 1. The normalized spacial score (nSPS) is 47.8. The van der Waals surface area contributed by atoms with Gasteiger partial charge in [-0.05, 0) is 24.7 Å².